The Morgan fingerprint density at radius 2 is 1.94 bits per heavy atom. The summed E-state index contributed by atoms with van der Waals surface area (Å²) < 4.78 is 16.0. The smallest absolute Gasteiger partial charge is 0.360 e. The van der Waals surface area contributed by atoms with Gasteiger partial charge < -0.3 is 24.3 Å². The number of ether oxygens (including phenoxy) is 3. The molecule has 2 N–H and O–H groups in total. The van der Waals surface area contributed by atoms with Crippen molar-refractivity contribution >= 4 is 28.5 Å². The summed E-state index contributed by atoms with van der Waals surface area (Å²) >= 11 is 6.01. The number of aromatic amines is 1. The molecule has 2 aromatic heterocycles. The Labute approximate surface area is 188 Å². The van der Waals surface area contributed by atoms with Crippen molar-refractivity contribution in [3.05, 3.63) is 70.5 Å². The Morgan fingerprint density at radius 1 is 1.16 bits per heavy atom. The average molecular weight is 451 g/mol. The fourth-order valence-electron chi connectivity index (χ4n) is 3.74. The topological polar surface area (TPSA) is 93.7 Å². The summed E-state index contributed by atoms with van der Waals surface area (Å²) in [5, 5.41) is 11.9. The first-order valence-corrected chi connectivity index (χ1v) is 10.5. The molecule has 162 valence electrons. The van der Waals surface area contributed by atoms with Crippen LogP contribution in [0.4, 0.5) is 0 Å². The van der Waals surface area contributed by atoms with Crippen LogP contribution in [0.5, 0.6) is 17.2 Å². The van der Waals surface area contributed by atoms with E-state index in [4.69, 9.17) is 25.8 Å². The fourth-order valence-corrected chi connectivity index (χ4v) is 3.87. The summed E-state index contributed by atoms with van der Waals surface area (Å²) in [6.45, 7) is 2.07. The predicted octanol–water partition coefficient (Wildman–Crippen LogP) is 5.09. The standard InChI is InChI=1S/C24H19ClN2O5/c1-2-30-24(29)22-23(28)16-11-17(14-4-6-15(25)7-5-14)26-21(16)18(27-22)9-13-3-8-19-20(10-13)32-12-31-19/h3-8,10-11,26,28H,2,9,12H2,1H3. The molecule has 7 nitrogen and oxygen atoms in total. The van der Waals surface area contributed by atoms with E-state index >= 15 is 0 Å². The van der Waals surface area contributed by atoms with Gasteiger partial charge in [0.1, 0.15) is 0 Å². The molecule has 0 fully saturated rings. The number of nitrogens with one attached hydrogen (secondary N) is 1. The van der Waals surface area contributed by atoms with Crippen molar-refractivity contribution in [3.8, 4) is 28.5 Å². The molecule has 0 radical (unpaired) electrons. The molecule has 2 aromatic carbocycles. The number of nitrogens with zero attached hydrogens (tertiary/aromatic N) is 1. The average Bonchev–Trinajstić information content (AvgIpc) is 3.43. The zero-order valence-corrected chi connectivity index (χ0v) is 17.9. The van der Waals surface area contributed by atoms with Crippen LogP contribution in [0.3, 0.4) is 0 Å². The van der Waals surface area contributed by atoms with Gasteiger partial charge in [-0.05, 0) is 48.4 Å². The number of halogens is 1. The maximum absolute atomic E-state index is 12.5. The SMILES string of the molecule is CCOC(=O)c1nc(Cc2ccc3c(c2)OCO3)c2[nH]c(-c3ccc(Cl)cc3)cc2c1O. The van der Waals surface area contributed by atoms with Crippen LogP contribution in [-0.2, 0) is 11.2 Å². The summed E-state index contributed by atoms with van der Waals surface area (Å²) in [5.74, 6) is 0.462. The van der Waals surface area contributed by atoms with Gasteiger partial charge in [0.05, 0.1) is 17.8 Å². The van der Waals surface area contributed by atoms with Gasteiger partial charge in [0, 0.05) is 22.5 Å². The third kappa shape index (κ3) is 3.61. The quantitative estimate of drug-likeness (QED) is 0.411. The van der Waals surface area contributed by atoms with Crippen LogP contribution >= 0.6 is 11.6 Å². The van der Waals surface area contributed by atoms with Gasteiger partial charge in [-0.15, -0.1) is 0 Å². The summed E-state index contributed by atoms with van der Waals surface area (Å²) in [7, 11) is 0. The normalized spacial score (nSPS) is 12.3. The minimum atomic E-state index is -0.673. The van der Waals surface area contributed by atoms with Gasteiger partial charge in [0.2, 0.25) is 6.79 Å². The number of carbonyl (C=O) groups is 1. The predicted molar refractivity (Wildman–Crippen MR) is 120 cm³/mol. The number of aromatic nitrogens is 2. The second kappa shape index (κ2) is 8.09. The third-order valence-corrected chi connectivity index (χ3v) is 5.52. The van der Waals surface area contributed by atoms with Crippen molar-refractivity contribution < 1.29 is 24.1 Å². The minimum absolute atomic E-state index is 0.114. The van der Waals surface area contributed by atoms with Gasteiger partial charge in [-0.2, -0.15) is 0 Å². The van der Waals surface area contributed by atoms with Crippen molar-refractivity contribution in [2.45, 2.75) is 13.3 Å². The molecular formula is C24H19ClN2O5. The highest BCUT2D eigenvalue weighted by Crippen LogP contribution is 2.37. The summed E-state index contributed by atoms with van der Waals surface area (Å²) in [4.78, 5) is 20.3. The van der Waals surface area contributed by atoms with Crippen molar-refractivity contribution in [3.63, 3.8) is 0 Å². The molecular weight excluding hydrogens is 432 g/mol. The molecule has 3 heterocycles. The Hall–Kier alpha value is -3.71. The Balaban J connectivity index is 1.64. The minimum Gasteiger partial charge on any atom is -0.505 e. The van der Waals surface area contributed by atoms with E-state index in [0.29, 0.717) is 39.5 Å². The molecule has 5 rings (SSSR count). The van der Waals surface area contributed by atoms with Crippen LogP contribution in [0.2, 0.25) is 5.02 Å². The maximum Gasteiger partial charge on any atom is 0.360 e. The first-order chi connectivity index (χ1) is 15.5. The molecule has 0 aliphatic carbocycles. The zero-order valence-electron chi connectivity index (χ0n) is 17.1. The number of benzene rings is 2. The van der Waals surface area contributed by atoms with Crippen molar-refractivity contribution in [2.75, 3.05) is 13.4 Å². The van der Waals surface area contributed by atoms with E-state index in [2.05, 4.69) is 9.97 Å². The van der Waals surface area contributed by atoms with E-state index in [1.54, 1.807) is 25.1 Å². The maximum atomic E-state index is 12.5. The molecule has 32 heavy (non-hydrogen) atoms. The first-order valence-electron chi connectivity index (χ1n) is 10.1. The number of aromatic hydroxyl groups is 1. The number of rotatable bonds is 5. The van der Waals surface area contributed by atoms with Crippen LogP contribution in [0.1, 0.15) is 28.7 Å². The molecule has 0 unspecified atom stereocenters. The molecule has 0 amide bonds. The van der Waals surface area contributed by atoms with Gasteiger partial charge in [0.25, 0.3) is 0 Å². The van der Waals surface area contributed by atoms with Gasteiger partial charge in [-0.3, -0.25) is 0 Å². The number of hydrogen-bond acceptors (Lipinski definition) is 6. The van der Waals surface area contributed by atoms with Gasteiger partial charge >= 0.3 is 5.97 Å². The largest absolute Gasteiger partial charge is 0.505 e. The lowest BCUT2D eigenvalue weighted by molar-refractivity contribution is 0.0516. The molecule has 4 aromatic rings. The lowest BCUT2D eigenvalue weighted by Crippen LogP contribution is -2.10. The third-order valence-electron chi connectivity index (χ3n) is 5.27. The molecule has 0 atom stereocenters. The molecule has 1 aliphatic rings. The van der Waals surface area contributed by atoms with E-state index in [1.807, 2.05) is 30.3 Å². The van der Waals surface area contributed by atoms with Gasteiger partial charge in [-0.1, -0.05) is 29.8 Å². The summed E-state index contributed by atoms with van der Waals surface area (Å²) in [6, 6.07) is 14.8. The number of fused-ring (bicyclic) bond motifs is 2. The monoisotopic (exact) mass is 450 g/mol. The van der Waals surface area contributed by atoms with E-state index in [9.17, 15) is 9.90 Å². The van der Waals surface area contributed by atoms with Crippen molar-refractivity contribution in [2.24, 2.45) is 0 Å². The molecule has 0 saturated carbocycles. The molecule has 0 bridgehead atoms. The number of esters is 1. The molecule has 8 heteroatoms. The highest BCUT2D eigenvalue weighted by molar-refractivity contribution is 6.30. The number of hydrogen-bond donors (Lipinski definition) is 2. The lowest BCUT2D eigenvalue weighted by atomic mass is 10.1. The molecule has 1 aliphatic heterocycles. The van der Waals surface area contributed by atoms with Crippen LogP contribution < -0.4 is 9.47 Å². The second-order valence-electron chi connectivity index (χ2n) is 7.32. The zero-order chi connectivity index (χ0) is 22.2. The first kappa shape index (κ1) is 20.2. The number of H-pyrrole nitrogens is 1. The lowest BCUT2D eigenvalue weighted by Gasteiger charge is -2.10. The molecule has 0 saturated heterocycles. The van der Waals surface area contributed by atoms with Gasteiger partial charge in [-0.25, -0.2) is 9.78 Å². The fraction of sp³-hybridized carbons (Fsp3) is 0.167. The van der Waals surface area contributed by atoms with Crippen LogP contribution in [0.25, 0.3) is 22.2 Å². The second-order valence-corrected chi connectivity index (χ2v) is 7.76. The highest BCUT2D eigenvalue weighted by atomic mass is 35.5. The van der Waals surface area contributed by atoms with E-state index < -0.39 is 5.97 Å². The molecule has 0 spiro atoms. The van der Waals surface area contributed by atoms with Crippen LogP contribution in [-0.4, -0.2) is 34.4 Å². The Morgan fingerprint density at radius 3 is 2.72 bits per heavy atom. The van der Waals surface area contributed by atoms with Crippen LogP contribution in [0.15, 0.2) is 48.5 Å². The number of carbonyl (C=O) groups excluding carboxylic acids is 1. The Bertz CT molecular complexity index is 1330. The summed E-state index contributed by atoms with van der Waals surface area (Å²) in [6.07, 6.45) is 0.403. The van der Waals surface area contributed by atoms with E-state index in [-0.39, 0.29) is 24.8 Å². The van der Waals surface area contributed by atoms with E-state index in [1.165, 1.54) is 0 Å². The van der Waals surface area contributed by atoms with Crippen LogP contribution in [0, 0.1) is 0 Å². The van der Waals surface area contributed by atoms with Gasteiger partial charge in [0.15, 0.2) is 22.9 Å². The Kier molecular flexibility index (Phi) is 5.11. The van der Waals surface area contributed by atoms with Crippen molar-refractivity contribution in [1.29, 1.82) is 0 Å². The summed E-state index contributed by atoms with van der Waals surface area (Å²) in [5.41, 5.74) is 3.69. The van der Waals surface area contributed by atoms with Crippen molar-refractivity contribution in [1.82, 2.24) is 9.97 Å². The number of pyridine rings is 1. The van der Waals surface area contributed by atoms with E-state index in [0.717, 1.165) is 16.8 Å². The highest BCUT2D eigenvalue weighted by Gasteiger charge is 2.23.